The molecule has 25 heavy (non-hydrogen) atoms. The predicted octanol–water partition coefficient (Wildman–Crippen LogP) is 2.41. The van der Waals surface area contributed by atoms with Crippen molar-refractivity contribution in [2.24, 2.45) is 11.8 Å². The minimum absolute atomic E-state index is 0.159. The third kappa shape index (κ3) is 5.44. The number of rotatable bonds is 4. The van der Waals surface area contributed by atoms with Crippen molar-refractivity contribution in [1.82, 2.24) is 15.1 Å². The molecule has 0 bridgehead atoms. The van der Waals surface area contributed by atoms with E-state index in [9.17, 15) is 9.59 Å². The topological polar surface area (TPSA) is 52.7 Å². The molecule has 2 saturated heterocycles. The van der Waals surface area contributed by atoms with Crippen LogP contribution in [0.15, 0.2) is 0 Å². The van der Waals surface area contributed by atoms with Gasteiger partial charge in [0.25, 0.3) is 0 Å². The zero-order chi connectivity index (χ0) is 17.6. The van der Waals surface area contributed by atoms with E-state index < -0.39 is 0 Å². The second kappa shape index (κ2) is 9.02. The molecule has 0 radical (unpaired) electrons. The van der Waals surface area contributed by atoms with Crippen molar-refractivity contribution in [3.8, 4) is 0 Å². The summed E-state index contributed by atoms with van der Waals surface area (Å²) >= 11 is 0. The normalized spacial score (nSPS) is 25.1. The Balaban J connectivity index is 1.35. The van der Waals surface area contributed by atoms with Crippen molar-refractivity contribution in [3.63, 3.8) is 0 Å². The number of piperidine rings is 2. The number of amides is 2. The molecule has 142 valence electrons. The molecule has 3 fully saturated rings. The SMILES string of the molecule is CC1CCN(CC(=O)NC2CCN(C(=O)C3CCCCC3)CC2)CC1. The number of carbonyl (C=O) groups is 2. The van der Waals surface area contributed by atoms with Gasteiger partial charge in [-0.05, 0) is 57.5 Å². The first-order valence-corrected chi connectivity index (χ1v) is 10.4. The van der Waals surface area contributed by atoms with Crippen LogP contribution in [0.1, 0.15) is 64.7 Å². The summed E-state index contributed by atoms with van der Waals surface area (Å²) in [5.41, 5.74) is 0. The molecular weight excluding hydrogens is 314 g/mol. The number of nitrogens with zero attached hydrogens (tertiary/aromatic N) is 2. The number of carbonyl (C=O) groups excluding carboxylic acids is 2. The van der Waals surface area contributed by atoms with Gasteiger partial charge < -0.3 is 10.2 Å². The van der Waals surface area contributed by atoms with Crippen LogP contribution in [0.3, 0.4) is 0 Å². The van der Waals surface area contributed by atoms with E-state index in [2.05, 4.69) is 17.1 Å². The van der Waals surface area contributed by atoms with Crippen molar-refractivity contribution in [3.05, 3.63) is 0 Å². The quantitative estimate of drug-likeness (QED) is 0.848. The Hall–Kier alpha value is -1.10. The van der Waals surface area contributed by atoms with Crippen molar-refractivity contribution in [1.29, 1.82) is 0 Å². The molecule has 2 aliphatic heterocycles. The van der Waals surface area contributed by atoms with Gasteiger partial charge in [0.1, 0.15) is 0 Å². The van der Waals surface area contributed by atoms with Gasteiger partial charge in [-0.1, -0.05) is 26.2 Å². The third-order valence-corrected chi connectivity index (χ3v) is 6.37. The van der Waals surface area contributed by atoms with E-state index in [-0.39, 0.29) is 17.9 Å². The Morgan fingerprint density at radius 3 is 2.16 bits per heavy atom. The first-order chi connectivity index (χ1) is 12.1. The van der Waals surface area contributed by atoms with Crippen LogP contribution in [0.2, 0.25) is 0 Å². The Morgan fingerprint density at radius 1 is 0.880 bits per heavy atom. The lowest BCUT2D eigenvalue weighted by molar-refractivity contribution is -0.137. The maximum atomic E-state index is 12.6. The molecule has 3 aliphatic rings. The number of nitrogens with one attached hydrogen (secondary N) is 1. The molecule has 0 unspecified atom stereocenters. The lowest BCUT2D eigenvalue weighted by Crippen LogP contribution is -2.50. The molecule has 1 N–H and O–H groups in total. The molecule has 0 aromatic carbocycles. The average molecular weight is 350 g/mol. The second-order valence-corrected chi connectivity index (χ2v) is 8.46. The average Bonchev–Trinajstić information content (AvgIpc) is 2.64. The van der Waals surface area contributed by atoms with Gasteiger partial charge in [0, 0.05) is 25.0 Å². The number of likely N-dealkylation sites (tertiary alicyclic amines) is 2. The highest BCUT2D eigenvalue weighted by Gasteiger charge is 2.29. The van der Waals surface area contributed by atoms with Crippen LogP contribution in [-0.2, 0) is 9.59 Å². The smallest absolute Gasteiger partial charge is 0.234 e. The minimum atomic E-state index is 0.159. The summed E-state index contributed by atoms with van der Waals surface area (Å²) in [5.74, 6) is 1.59. The first-order valence-electron chi connectivity index (χ1n) is 10.4. The molecular formula is C20H35N3O2. The highest BCUT2D eigenvalue weighted by molar-refractivity contribution is 5.79. The summed E-state index contributed by atoms with van der Waals surface area (Å²) in [6, 6.07) is 0.242. The van der Waals surface area contributed by atoms with E-state index in [4.69, 9.17) is 0 Å². The second-order valence-electron chi connectivity index (χ2n) is 8.46. The summed E-state index contributed by atoms with van der Waals surface area (Å²) in [7, 11) is 0. The maximum absolute atomic E-state index is 12.6. The fourth-order valence-corrected chi connectivity index (χ4v) is 4.55. The molecule has 2 heterocycles. The standard InChI is InChI=1S/C20H35N3O2/c1-16-7-11-22(12-8-16)15-19(24)21-18-9-13-23(14-10-18)20(25)17-5-3-2-4-6-17/h16-18H,2-15H2,1H3,(H,21,24). The van der Waals surface area contributed by atoms with Gasteiger partial charge in [0.15, 0.2) is 0 Å². The van der Waals surface area contributed by atoms with Gasteiger partial charge in [-0.3, -0.25) is 14.5 Å². The van der Waals surface area contributed by atoms with E-state index in [1.807, 2.05) is 4.90 Å². The van der Waals surface area contributed by atoms with Gasteiger partial charge in [0.05, 0.1) is 6.54 Å². The summed E-state index contributed by atoms with van der Waals surface area (Å²) in [4.78, 5) is 29.2. The fourth-order valence-electron chi connectivity index (χ4n) is 4.55. The van der Waals surface area contributed by atoms with E-state index in [0.29, 0.717) is 12.5 Å². The van der Waals surface area contributed by atoms with Gasteiger partial charge in [-0.2, -0.15) is 0 Å². The molecule has 1 saturated carbocycles. The van der Waals surface area contributed by atoms with E-state index in [1.54, 1.807) is 0 Å². The highest BCUT2D eigenvalue weighted by atomic mass is 16.2. The van der Waals surface area contributed by atoms with Crippen LogP contribution in [0, 0.1) is 11.8 Å². The largest absolute Gasteiger partial charge is 0.352 e. The minimum Gasteiger partial charge on any atom is -0.352 e. The highest BCUT2D eigenvalue weighted by Crippen LogP contribution is 2.26. The van der Waals surface area contributed by atoms with Gasteiger partial charge in [-0.15, -0.1) is 0 Å². The molecule has 3 rings (SSSR count). The lowest BCUT2D eigenvalue weighted by Gasteiger charge is -2.36. The van der Waals surface area contributed by atoms with Crippen LogP contribution in [0.5, 0.6) is 0 Å². The van der Waals surface area contributed by atoms with E-state index in [1.165, 1.54) is 32.1 Å². The third-order valence-electron chi connectivity index (χ3n) is 6.37. The molecule has 1 aliphatic carbocycles. The van der Waals surface area contributed by atoms with Gasteiger partial charge in [-0.25, -0.2) is 0 Å². The van der Waals surface area contributed by atoms with Crippen LogP contribution < -0.4 is 5.32 Å². The summed E-state index contributed by atoms with van der Waals surface area (Å²) in [6.45, 7) is 6.53. The Kier molecular flexibility index (Phi) is 6.74. The molecule has 0 spiro atoms. The van der Waals surface area contributed by atoms with Crippen LogP contribution >= 0.6 is 0 Å². The maximum Gasteiger partial charge on any atom is 0.234 e. The van der Waals surface area contributed by atoms with Gasteiger partial charge in [0.2, 0.25) is 11.8 Å². The Bertz CT molecular complexity index is 446. The molecule has 5 heteroatoms. The zero-order valence-electron chi connectivity index (χ0n) is 15.8. The Morgan fingerprint density at radius 2 is 1.52 bits per heavy atom. The number of hydrogen-bond donors (Lipinski definition) is 1. The van der Waals surface area contributed by atoms with Crippen LogP contribution in [0.4, 0.5) is 0 Å². The molecule has 0 atom stereocenters. The summed E-state index contributed by atoms with van der Waals surface area (Å²) in [5, 5.41) is 3.20. The molecule has 0 aromatic heterocycles. The first kappa shape index (κ1) is 18.7. The monoisotopic (exact) mass is 349 g/mol. The van der Waals surface area contributed by atoms with Crippen LogP contribution in [-0.4, -0.2) is 60.4 Å². The van der Waals surface area contributed by atoms with Crippen molar-refractivity contribution in [2.45, 2.75) is 70.8 Å². The molecule has 2 amide bonds. The van der Waals surface area contributed by atoms with Crippen molar-refractivity contribution in [2.75, 3.05) is 32.7 Å². The summed E-state index contributed by atoms with van der Waals surface area (Å²) in [6.07, 6.45) is 10.1. The predicted molar refractivity (Wildman–Crippen MR) is 99.2 cm³/mol. The molecule has 0 aromatic rings. The zero-order valence-corrected chi connectivity index (χ0v) is 15.8. The van der Waals surface area contributed by atoms with Gasteiger partial charge >= 0.3 is 0 Å². The Labute approximate surface area is 152 Å². The van der Waals surface area contributed by atoms with Crippen LogP contribution in [0.25, 0.3) is 0 Å². The number of hydrogen-bond acceptors (Lipinski definition) is 3. The molecule has 5 nitrogen and oxygen atoms in total. The van der Waals surface area contributed by atoms with Crippen molar-refractivity contribution < 1.29 is 9.59 Å². The lowest BCUT2D eigenvalue weighted by atomic mass is 9.87. The van der Waals surface area contributed by atoms with E-state index in [0.717, 1.165) is 57.8 Å². The summed E-state index contributed by atoms with van der Waals surface area (Å²) < 4.78 is 0. The van der Waals surface area contributed by atoms with Crippen molar-refractivity contribution >= 4 is 11.8 Å². The fraction of sp³-hybridized carbons (Fsp3) is 0.900. The van der Waals surface area contributed by atoms with E-state index >= 15 is 0 Å².